The van der Waals surface area contributed by atoms with Crippen LogP contribution in [0.2, 0.25) is 5.02 Å². The minimum atomic E-state index is -1.13. The van der Waals surface area contributed by atoms with Crippen molar-refractivity contribution in [1.82, 2.24) is 9.96 Å². The molecule has 0 saturated carbocycles. The summed E-state index contributed by atoms with van der Waals surface area (Å²) in [5.74, 6) is -1.59. The predicted molar refractivity (Wildman–Crippen MR) is 110 cm³/mol. The lowest BCUT2D eigenvalue weighted by Gasteiger charge is -2.31. The number of nitrogens with zero attached hydrogens (tertiary/aromatic N) is 2. The first-order chi connectivity index (χ1) is 14.7. The Labute approximate surface area is 183 Å². The Hall–Kier alpha value is -2.78. The van der Waals surface area contributed by atoms with Gasteiger partial charge in [0.1, 0.15) is 6.10 Å². The minimum Gasteiger partial charge on any atom is -0.390 e. The summed E-state index contributed by atoms with van der Waals surface area (Å²) in [5, 5.41) is 22.1. The molecule has 2 aliphatic heterocycles. The summed E-state index contributed by atoms with van der Waals surface area (Å²) >= 11 is 5.93. The third-order valence-corrected chi connectivity index (χ3v) is 5.99. The van der Waals surface area contributed by atoms with Crippen molar-refractivity contribution < 1.29 is 29.4 Å². The molecular formula is C22H21ClN2O6. The fourth-order valence-electron chi connectivity index (χ4n) is 3.97. The van der Waals surface area contributed by atoms with Crippen LogP contribution in [0.3, 0.4) is 0 Å². The minimum absolute atomic E-state index is 0.0347. The topological polar surface area (TPSA) is 107 Å². The Morgan fingerprint density at radius 1 is 1.19 bits per heavy atom. The van der Waals surface area contributed by atoms with Crippen molar-refractivity contribution in [3.63, 3.8) is 0 Å². The monoisotopic (exact) mass is 444 g/mol. The average molecular weight is 445 g/mol. The second kappa shape index (κ2) is 8.05. The van der Waals surface area contributed by atoms with E-state index in [4.69, 9.17) is 16.3 Å². The number of fused-ring (bicyclic) bond motifs is 1. The van der Waals surface area contributed by atoms with Gasteiger partial charge in [0.2, 0.25) is 0 Å². The number of hydrogen-bond donors (Lipinski definition) is 2. The molecule has 0 bridgehead atoms. The maximum Gasteiger partial charge on any atom is 0.277 e. The van der Waals surface area contributed by atoms with Gasteiger partial charge in [-0.2, -0.15) is 0 Å². The molecule has 9 heteroatoms. The summed E-state index contributed by atoms with van der Waals surface area (Å²) in [6, 6.07) is 12.7. The van der Waals surface area contributed by atoms with Crippen molar-refractivity contribution in [3.05, 3.63) is 70.2 Å². The van der Waals surface area contributed by atoms with Crippen LogP contribution >= 0.6 is 11.6 Å². The molecule has 2 N–H and O–H groups in total. The maximum absolute atomic E-state index is 12.7. The van der Waals surface area contributed by atoms with Crippen molar-refractivity contribution in [2.24, 2.45) is 5.41 Å². The Morgan fingerprint density at radius 2 is 1.87 bits per heavy atom. The van der Waals surface area contributed by atoms with Crippen LogP contribution in [0.25, 0.3) is 0 Å². The van der Waals surface area contributed by atoms with Crippen LogP contribution in [0.1, 0.15) is 38.0 Å². The average Bonchev–Trinajstić information content (AvgIpc) is 3.16. The Bertz CT molecular complexity index is 1050. The third kappa shape index (κ3) is 3.83. The van der Waals surface area contributed by atoms with Crippen LogP contribution in [-0.2, 0) is 4.74 Å². The molecule has 2 aromatic rings. The highest BCUT2D eigenvalue weighted by atomic mass is 35.5. The summed E-state index contributed by atoms with van der Waals surface area (Å²) in [7, 11) is 0. The van der Waals surface area contributed by atoms with Gasteiger partial charge in [-0.05, 0) is 30.3 Å². The molecule has 162 valence electrons. The molecule has 0 radical (unpaired) electrons. The zero-order chi connectivity index (χ0) is 22.3. The number of aliphatic hydroxyl groups is 1. The fourth-order valence-corrected chi connectivity index (χ4v) is 4.14. The van der Waals surface area contributed by atoms with E-state index < -0.39 is 35.3 Å². The van der Waals surface area contributed by atoms with E-state index >= 15 is 0 Å². The van der Waals surface area contributed by atoms with E-state index in [2.05, 4.69) is 0 Å². The van der Waals surface area contributed by atoms with Gasteiger partial charge in [0.25, 0.3) is 17.7 Å². The van der Waals surface area contributed by atoms with E-state index in [1.54, 1.807) is 37.3 Å². The molecular weight excluding hydrogens is 424 g/mol. The molecule has 2 heterocycles. The first-order valence-corrected chi connectivity index (χ1v) is 10.1. The molecule has 2 aliphatic rings. The summed E-state index contributed by atoms with van der Waals surface area (Å²) in [4.78, 5) is 38.7. The molecule has 3 amide bonds. The van der Waals surface area contributed by atoms with Crippen molar-refractivity contribution in [1.29, 1.82) is 0 Å². The Balaban J connectivity index is 1.44. The van der Waals surface area contributed by atoms with Gasteiger partial charge in [0.05, 0.1) is 36.9 Å². The van der Waals surface area contributed by atoms with Gasteiger partial charge >= 0.3 is 0 Å². The molecule has 0 unspecified atom stereocenters. The van der Waals surface area contributed by atoms with E-state index in [1.165, 1.54) is 18.2 Å². The van der Waals surface area contributed by atoms with Crippen LogP contribution in [-0.4, -0.2) is 69.9 Å². The van der Waals surface area contributed by atoms with Crippen molar-refractivity contribution >= 4 is 29.3 Å². The first-order valence-electron chi connectivity index (χ1n) is 9.72. The zero-order valence-corrected chi connectivity index (χ0v) is 17.5. The van der Waals surface area contributed by atoms with Crippen LogP contribution in [0.15, 0.2) is 48.5 Å². The second-order valence-electron chi connectivity index (χ2n) is 8.09. The lowest BCUT2D eigenvalue weighted by molar-refractivity contribution is -0.0942. The number of aliphatic hydroxyl groups excluding tert-OH is 1. The van der Waals surface area contributed by atoms with Crippen molar-refractivity contribution in [3.8, 4) is 0 Å². The molecule has 2 aromatic carbocycles. The summed E-state index contributed by atoms with van der Waals surface area (Å²) in [5.41, 5.74) is -0.225. The third-order valence-electron chi connectivity index (χ3n) is 5.75. The predicted octanol–water partition coefficient (Wildman–Crippen LogP) is 2.23. The number of ether oxygens (including phenoxy) is 1. The van der Waals surface area contributed by atoms with E-state index in [-0.39, 0.29) is 30.8 Å². The van der Waals surface area contributed by atoms with E-state index in [1.807, 2.05) is 0 Å². The highest BCUT2D eigenvalue weighted by molar-refractivity contribution is 6.32. The quantitative estimate of drug-likeness (QED) is 0.416. The van der Waals surface area contributed by atoms with Gasteiger partial charge in [-0.1, -0.05) is 36.7 Å². The van der Waals surface area contributed by atoms with Crippen LogP contribution in [0.5, 0.6) is 0 Å². The Kier molecular flexibility index (Phi) is 5.57. The van der Waals surface area contributed by atoms with Crippen molar-refractivity contribution in [2.45, 2.75) is 19.1 Å². The van der Waals surface area contributed by atoms with E-state index in [0.29, 0.717) is 15.6 Å². The fraction of sp³-hybridized carbons (Fsp3) is 0.318. The number of halogens is 1. The van der Waals surface area contributed by atoms with E-state index in [9.17, 15) is 24.7 Å². The standard InChI is InChI=1S/C22H21ClN2O6/c1-22(11-25(30)19(27)13-5-3-2-4-6-13)12-31-17(18(22)26)10-24-20(28)15-8-7-14(23)9-16(15)21(24)29/h2-9,17-18,26,30H,10-12H2,1H3/t17-,18-,22-/m1/s1. The van der Waals surface area contributed by atoms with Crippen molar-refractivity contribution in [2.75, 3.05) is 19.7 Å². The maximum atomic E-state index is 12.7. The molecule has 0 aliphatic carbocycles. The zero-order valence-electron chi connectivity index (χ0n) is 16.7. The molecule has 8 nitrogen and oxygen atoms in total. The number of hydroxylamine groups is 2. The molecule has 4 rings (SSSR count). The molecule has 1 fully saturated rings. The Morgan fingerprint density at radius 3 is 2.58 bits per heavy atom. The van der Waals surface area contributed by atoms with Gasteiger partial charge in [-0.3, -0.25) is 24.5 Å². The number of carbonyl (C=O) groups is 3. The molecule has 31 heavy (non-hydrogen) atoms. The summed E-state index contributed by atoms with van der Waals surface area (Å²) in [6.07, 6.45) is -1.98. The van der Waals surface area contributed by atoms with Gasteiger partial charge in [-0.25, -0.2) is 5.06 Å². The number of carbonyl (C=O) groups excluding carboxylic acids is 3. The normalized spacial score (nSPS) is 25.1. The number of hydrogen-bond acceptors (Lipinski definition) is 6. The first kappa shape index (κ1) is 21.5. The highest BCUT2D eigenvalue weighted by Gasteiger charge is 2.49. The SMILES string of the molecule is C[C@@]1(CN(O)C(=O)c2ccccc2)CO[C@H](CN2C(=O)c3ccc(Cl)cc3C2=O)[C@H]1O. The molecule has 1 saturated heterocycles. The van der Waals surface area contributed by atoms with Gasteiger partial charge in [0, 0.05) is 16.0 Å². The van der Waals surface area contributed by atoms with E-state index in [0.717, 1.165) is 4.90 Å². The molecule has 0 spiro atoms. The van der Waals surface area contributed by atoms with Gasteiger partial charge in [-0.15, -0.1) is 0 Å². The van der Waals surface area contributed by atoms with Crippen LogP contribution in [0, 0.1) is 5.41 Å². The second-order valence-corrected chi connectivity index (χ2v) is 8.52. The van der Waals surface area contributed by atoms with Crippen LogP contribution < -0.4 is 0 Å². The molecule has 0 aromatic heterocycles. The largest absolute Gasteiger partial charge is 0.390 e. The number of rotatable bonds is 5. The van der Waals surface area contributed by atoms with Crippen LogP contribution in [0.4, 0.5) is 0 Å². The lowest BCUT2D eigenvalue weighted by atomic mass is 9.84. The number of amides is 3. The molecule has 3 atom stereocenters. The number of imide groups is 1. The summed E-state index contributed by atoms with van der Waals surface area (Å²) < 4.78 is 5.68. The van der Waals surface area contributed by atoms with Gasteiger partial charge < -0.3 is 9.84 Å². The highest BCUT2D eigenvalue weighted by Crippen LogP contribution is 2.35. The lowest BCUT2D eigenvalue weighted by Crippen LogP contribution is -2.48. The summed E-state index contributed by atoms with van der Waals surface area (Å²) in [6.45, 7) is 1.36. The van der Waals surface area contributed by atoms with Gasteiger partial charge in [0.15, 0.2) is 0 Å². The number of benzene rings is 2. The smallest absolute Gasteiger partial charge is 0.277 e.